The maximum atomic E-state index is 5.60. The van der Waals surface area contributed by atoms with Gasteiger partial charge in [-0.3, -0.25) is 0 Å². The predicted molar refractivity (Wildman–Crippen MR) is 69.8 cm³/mol. The van der Waals surface area contributed by atoms with Gasteiger partial charge in [0.25, 0.3) is 0 Å². The zero-order valence-electron chi connectivity index (χ0n) is 9.81. The van der Waals surface area contributed by atoms with Gasteiger partial charge in [0, 0.05) is 29.8 Å². The van der Waals surface area contributed by atoms with Crippen LogP contribution >= 0.6 is 11.8 Å². The highest BCUT2D eigenvalue weighted by atomic mass is 32.2. The van der Waals surface area contributed by atoms with Crippen molar-refractivity contribution >= 4 is 23.5 Å². The molecule has 0 radical (unpaired) electrons. The van der Waals surface area contributed by atoms with Gasteiger partial charge in [0.1, 0.15) is 5.82 Å². The smallest absolute Gasteiger partial charge is 0.221 e. The summed E-state index contributed by atoms with van der Waals surface area (Å²) in [5.74, 6) is 2.44. The summed E-state index contributed by atoms with van der Waals surface area (Å²) in [6.45, 7) is 6.67. The lowest BCUT2D eigenvalue weighted by Crippen LogP contribution is -2.28. The molecule has 1 aromatic rings. The SMILES string of the molecule is CC1(C)CCN(c2ccnc(N)n2)CCS1. The summed E-state index contributed by atoms with van der Waals surface area (Å²) in [6, 6.07) is 1.93. The monoisotopic (exact) mass is 238 g/mol. The molecule has 0 aliphatic carbocycles. The van der Waals surface area contributed by atoms with Crippen LogP contribution in [-0.2, 0) is 0 Å². The summed E-state index contributed by atoms with van der Waals surface area (Å²) >= 11 is 2.03. The maximum Gasteiger partial charge on any atom is 0.221 e. The molecule has 2 heterocycles. The molecule has 1 aromatic heterocycles. The molecule has 1 fully saturated rings. The van der Waals surface area contributed by atoms with Gasteiger partial charge < -0.3 is 10.6 Å². The molecule has 2 rings (SSSR count). The fourth-order valence-corrected chi connectivity index (χ4v) is 2.89. The van der Waals surface area contributed by atoms with Crippen molar-refractivity contribution in [3.05, 3.63) is 12.3 Å². The molecule has 4 nitrogen and oxygen atoms in total. The molecule has 0 saturated carbocycles. The lowest BCUT2D eigenvalue weighted by molar-refractivity contribution is 0.635. The van der Waals surface area contributed by atoms with Crippen molar-refractivity contribution in [3.8, 4) is 0 Å². The van der Waals surface area contributed by atoms with E-state index in [0.29, 0.717) is 10.7 Å². The number of nitrogen functional groups attached to an aromatic ring is 1. The number of hydrogen-bond acceptors (Lipinski definition) is 5. The number of nitrogens with two attached hydrogens (primary N) is 1. The van der Waals surface area contributed by atoms with E-state index in [2.05, 4.69) is 28.7 Å². The Kier molecular flexibility index (Phi) is 3.23. The molecule has 16 heavy (non-hydrogen) atoms. The van der Waals surface area contributed by atoms with Crippen LogP contribution in [0.5, 0.6) is 0 Å². The number of anilines is 2. The van der Waals surface area contributed by atoms with E-state index in [9.17, 15) is 0 Å². The highest BCUT2D eigenvalue weighted by Gasteiger charge is 2.24. The van der Waals surface area contributed by atoms with Gasteiger partial charge in [-0.25, -0.2) is 4.98 Å². The summed E-state index contributed by atoms with van der Waals surface area (Å²) in [6.07, 6.45) is 2.89. The molecule has 5 heteroatoms. The molecule has 88 valence electrons. The Morgan fingerprint density at radius 2 is 2.25 bits per heavy atom. The first-order valence-corrected chi connectivity index (χ1v) is 6.53. The number of rotatable bonds is 1. The Balaban J connectivity index is 2.11. The fourth-order valence-electron chi connectivity index (χ4n) is 1.79. The van der Waals surface area contributed by atoms with Crippen LogP contribution in [0.2, 0.25) is 0 Å². The predicted octanol–water partition coefficient (Wildman–Crippen LogP) is 1.78. The number of aromatic nitrogens is 2. The fraction of sp³-hybridized carbons (Fsp3) is 0.636. The molecule has 0 atom stereocenters. The number of hydrogen-bond donors (Lipinski definition) is 1. The first-order valence-electron chi connectivity index (χ1n) is 5.54. The first-order chi connectivity index (χ1) is 7.57. The molecule has 0 spiro atoms. The normalized spacial score (nSPS) is 20.5. The molecular weight excluding hydrogens is 220 g/mol. The van der Waals surface area contributed by atoms with Gasteiger partial charge in [-0.1, -0.05) is 13.8 Å². The van der Waals surface area contributed by atoms with E-state index in [1.54, 1.807) is 6.20 Å². The van der Waals surface area contributed by atoms with Crippen LogP contribution in [0.1, 0.15) is 20.3 Å². The largest absolute Gasteiger partial charge is 0.368 e. The average Bonchev–Trinajstić information content (AvgIpc) is 2.39. The molecule has 2 N–H and O–H groups in total. The van der Waals surface area contributed by atoms with E-state index < -0.39 is 0 Å². The van der Waals surface area contributed by atoms with Crippen LogP contribution in [0, 0.1) is 0 Å². The van der Waals surface area contributed by atoms with Gasteiger partial charge in [-0.15, -0.1) is 0 Å². The van der Waals surface area contributed by atoms with Crippen molar-refractivity contribution in [2.24, 2.45) is 0 Å². The van der Waals surface area contributed by atoms with Crippen LogP contribution in [0.25, 0.3) is 0 Å². The molecule has 1 saturated heterocycles. The van der Waals surface area contributed by atoms with Crippen molar-refractivity contribution in [2.75, 3.05) is 29.5 Å². The quantitative estimate of drug-likeness (QED) is 0.808. The third-order valence-corrected chi connectivity index (χ3v) is 4.19. The molecule has 1 aliphatic heterocycles. The van der Waals surface area contributed by atoms with Gasteiger partial charge in [-0.2, -0.15) is 16.7 Å². The van der Waals surface area contributed by atoms with E-state index in [-0.39, 0.29) is 0 Å². The van der Waals surface area contributed by atoms with Gasteiger partial charge >= 0.3 is 0 Å². The van der Waals surface area contributed by atoms with E-state index in [1.807, 2.05) is 17.8 Å². The minimum Gasteiger partial charge on any atom is -0.368 e. The second kappa shape index (κ2) is 4.49. The van der Waals surface area contributed by atoms with Gasteiger partial charge in [0.05, 0.1) is 0 Å². The third kappa shape index (κ3) is 2.78. The van der Waals surface area contributed by atoms with Crippen LogP contribution < -0.4 is 10.6 Å². The van der Waals surface area contributed by atoms with Crippen molar-refractivity contribution in [3.63, 3.8) is 0 Å². The van der Waals surface area contributed by atoms with E-state index in [4.69, 9.17) is 5.73 Å². The van der Waals surface area contributed by atoms with Gasteiger partial charge in [0.2, 0.25) is 5.95 Å². The van der Waals surface area contributed by atoms with E-state index in [1.165, 1.54) is 6.42 Å². The Morgan fingerprint density at radius 1 is 1.44 bits per heavy atom. The Morgan fingerprint density at radius 3 is 3.00 bits per heavy atom. The summed E-state index contributed by atoms with van der Waals surface area (Å²) in [7, 11) is 0. The number of nitrogens with zero attached hydrogens (tertiary/aromatic N) is 3. The molecule has 0 amide bonds. The maximum absolute atomic E-state index is 5.60. The second-order valence-electron chi connectivity index (χ2n) is 4.62. The second-order valence-corrected chi connectivity index (χ2v) is 6.42. The van der Waals surface area contributed by atoms with Crippen LogP contribution in [-0.4, -0.2) is 33.6 Å². The highest BCUT2D eigenvalue weighted by molar-refractivity contribution is 8.00. The summed E-state index contributed by atoms with van der Waals surface area (Å²) < 4.78 is 0.368. The van der Waals surface area contributed by atoms with E-state index >= 15 is 0 Å². The lowest BCUT2D eigenvalue weighted by atomic mass is 10.1. The summed E-state index contributed by atoms with van der Waals surface area (Å²) in [5.41, 5.74) is 5.60. The zero-order valence-corrected chi connectivity index (χ0v) is 10.6. The van der Waals surface area contributed by atoms with Crippen molar-refractivity contribution in [1.82, 2.24) is 9.97 Å². The standard InChI is InChI=1S/C11H18N4S/c1-11(2)4-6-15(7-8-16-11)9-3-5-13-10(12)14-9/h3,5H,4,6-8H2,1-2H3,(H2,12,13,14). The molecular formula is C11H18N4S. The third-order valence-electron chi connectivity index (χ3n) is 2.82. The average molecular weight is 238 g/mol. The first kappa shape index (κ1) is 11.5. The number of thioether (sulfide) groups is 1. The Hall–Kier alpha value is -0.970. The summed E-state index contributed by atoms with van der Waals surface area (Å²) in [5, 5.41) is 0. The minimum absolute atomic E-state index is 0.355. The molecule has 0 unspecified atom stereocenters. The summed E-state index contributed by atoms with van der Waals surface area (Å²) in [4.78, 5) is 10.5. The van der Waals surface area contributed by atoms with Crippen molar-refractivity contribution in [1.29, 1.82) is 0 Å². The lowest BCUT2D eigenvalue weighted by Gasteiger charge is -2.23. The van der Waals surface area contributed by atoms with Crippen molar-refractivity contribution < 1.29 is 0 Å². The van der Waals surface area contributed by atoms with Crippen LogP contribution in [0.3, 0.4) is 0 Å². The zero-order chi connectivity index (χ0) is 11.6. The Bertz CT molecular complexity index is 367. The molecule has 0 aromatic carbocycles. The highest BCUT2D eigenvalue weighted by Crippen LogP contribution is 2.31. The van der Waals surface area contributed by atoms with Crippen molar-refractivity contribution in [2.45, 2.75) is 25.0 Å². The Labute approximate surface area is 101 Å². The van der Waals surface area contributed by atoms with Gasteiger partial charge in [-0.05, 0) is 12.5 Å². The molecule has 0 bridgehead atoms. The topological polar surface area (TPSA) is 55.0 Å². The molecule has 1 aliphatic rings. The van der Waals surface area contributed by atoms with Crippen LogP contribution in [0.15, 0.2) is 12.3 Å². The van der Waals surface area contributed by atoms with E-state index in [0.717, 1.165) is 24.7 Å². The minimum atomic E-state index is 0.355. The van der Waals surface area contributed by atoms with Gasteiger partial charge in [0.15, 0.2) is 0 Å². The van der Waals surface area contributed by atoms with Crippen LogP contribution in [0.4, 0.5) is 11.8 Å².